The zero-order chi connectivity index (χ0) is 27.4. The third-order valence-electron chi connectivity index (χ3n) is 7.05. The monoisotopic (exact) mass is 547 g/mol. The lowest BCUT2D eigenvalue weighted by atomic mass is 9.78. The van der Waals surface area contributed by atoms with Crippen molar-refractivity contribution < 1.29 is 22.8 Å². The van der Waals surface area contributed by atoms with Crippen LogP contribution in [0.4, 0.5) is 18.9 Å². The number of aryl methyl sites for hydroxylation is 2. The average molecular weight is 548 g/mol. The second kappa shape index (κ2) is 11.6. The van der Waals surface area contributed by atoms with E-state index in [4.69, 9.17) is 11.6 Å². The SMILES string of the molecule is CCn1nccc1C(=O)N[C@H](C(=O)Nc1ccc(-c2c(Cl)ccnc2C)cc1)C1CCC(C(F)(F)F)CC1. The molecular formula is C27H29ClF3N5O2. The highest BCUT2D eigenvalue weighted by Gasteiger charge is 2.44. The number of aromatic nitrogens is 3. The van der Waals surface area contributed by atoms with Crippen LogP contribution in [0.5, 0.6) is 0 Å². The highest BCUT2D eigenvalue weighted by molar-refractivity contribution is 6.33. The first-order valence-corrected chi connectivity index (χ1v) is 12.9. The zero-order valence-electron chi connectivity index (χ0n) is 21.1. The smallest absolute Gasteiger partial charge is 0.339 e. The first-order chi connectivity index (χ1) is 18.1. The standard InChI is InChI=1S/C27H29ClF3N5O2/c1-3-36-22(13-15-33-36)25(37)35-24(18-4-8-19(9-5-18)27(29,30)31)26(38)34-20-10-6-17(7-11-20)23-16(2)32-14-12-21(23)28/h6-7,10-15,18-19,24H,3-5,8-9H2,1-2H3,(H,34,38)(H,35,37)/t18?,19?,24-/m0/s1. The summed E-state index contributed by atoms with van der Waals surface area (Å²) in [4.78, 5) is 30.7. The number of carbonyl (C=O) groups excluding carboxylic acids is 2. The minimum Gasteiger partial charge on any atom is -0.339 e. The van der Waals surface area contributed by atoms with Gasteiger partial charge in [-0.15, -0.1) is 0 Å². The Kier molecular flexibility index (Phi) is 8.40. The number of nitrogens with zero attached hydrogens (tertiary/aromatic N) is 3. The van der Waals surface area contributed by atoms with Crippen LogP contribution in [0.15, 0.2) is 48.8 Å². The largest absolute Gasteiger partial charge is 0.391 e. The molecule has 2 N–H and O–H groups in total. The van der Waals surface area contributed by atoms with E-state index in [1.165, 1.54) is 10.9 Å². The molecule has 1 aliphatic rings. The van der Waals surface area contributed by atoms with E-state index in [9.17, 15) is 22.8 Å². The molecule has 0 radical (unpaired) electrons. The topological polar surface area (TPSA) is 88.9 Å². The predicted octanol–water partition coefficient (Wildman–Crippen LogP) is 6.03. The Morgan fingerprint density at radius 1 is 1.08 bits per heavy atom. The molecule has 0 saturated heterocycles. The van der Waals surface area contributed by atoms with E-state index in [1.54, 1.807) is 42.6 Å². The molecule has 1 atom stereocenters. The van der Waals surface area contributed by atoms with E-state index in [1.807, 2.05) is 13.8 Å². The van der Waals surface area contributed by atoms with Gasteiger partial charge >= 0.3 is 6.18 Å². The first kappa shape index (κ1) is 27.6. The molecule has 2 amide bonds. The maximum absolute atomic E-state index is 13.4. The molecule has 0 spiro atoms. The van der Waals surface area contributed by atoms with Crippen molar-refractivity contribution in [2.75, 3.05) is 5.32 Å². The van der Waals surface area contributed by atoms with E-state index < -0.39 is 35.9 Å². The van der Waals surface area contributed by atoms with Crippen LogP contribution in [0.2, 0.25) is 5.02 Å². The van der Waals surface area contributed by atoms with Crippen LogP contribution in [0.25, 0.3) is 11.1 Å². The average Bonchev–Trinajstić information content (AvgIpc) is 3.37. The molecule has 202 valence electrons. The Bertz CT molecular complexity index is 1260. The number of anilines is 1. The molecular weight excluding hydrogens is 519 g/mol. The lowest BCUT2D eigenvalue weighted by Crippen LogP contribution is -2.50. The summed E-state index contributed by atoms with van der Waals surface area (Å²) >= 11 is 6.34. The Labute approximate surface area is 223 Å². The summed E-state index contributed by atoms with van der Waals surface area (Å²) in [6.45, 7) is 4.13. The Hall–Kier alpha value is -3.40. The van der Waals surface area contributed by atoms with Crippen molar-refractivity contribution in [1.82, 2.24) is 20.1 Å². The minimum absolute atomic E-state index is 0.0827. The van der Waals surface area contributed by atoms with Gasteiger partial charge < -0.3 is 10.6 Å². The molecule has 2 aromatic heterocycles. The van der Waals surface area contributed by atoms with Gasteiger partial charge in [0.2, 0.25) is 5.91 Å². The molecule has 1 aliphatic carbocycles. The van der Waals surface area contributed by atoms with Gasteiger partial charge in [-0.2, -0.15) is 18.3 Å². The highest BCUT2D eigenvalue weighted by Crippen LogP contribution is 2.40. The van der Waals surface area contributed by atoms with Gasteiger partial charge in [0.05, 0.1) is 10.9 Å². The first-order valence-electron chi connectivity index (χ1n) is 12.5. The van der Waals surface area contributed by atoms with Gasteiger partial charge in [-0.1, -0.05) is 23.7 Å². The quantitative estimate of drug-likeness (QED) is 0.378. The number of carbonyl (C=O) groups is 2. The summed E-state index contributed by atoms with van der Waals surface area (Å²) in [5.41, 5.74) is 3.13. The number of amides is 2. The van der Waals surface area contributed by atoms with Crippen molar-refractivity contribution in [1.29, 1.82) is 0 Å². The number of nitrogens with one attached hydrogen (secondary N) is 2. The summed E-state index contributed by atoms with van der Waals surface area (Å²) in [6, 6.07) is 9.25. The van der Waals surface area contributed by atoms with Crippen LogP contribution < -0.4 is 10.6 Å². The molecule has 1 saturated carbocycles. The van der Waals surface area contributed by atoms with Crippen LogP contribution in [0.3, 0.4) is 0 Å². The summed E-state index contributed by atoms with van der Waals surface area (Å²) in [7, 11) is 0. The molecule has 0 unspecified atom stereocenters. The number of benzene rings is 1. The molecule has 4 rings (SSSR count). The molecule has 1 fully saturated rings. The molecule has 0 aliphatic heterocycles. The highest BCUT2D eigenvalue weighted by atomic mass is 35.5. The van der Waals surface area contributed by atoms with Crippen molar-refractivity contribution in [3.63, 3.8) is 0 Å². The van der Waals surface area contributed by atoms with E-state index in [0.717, 1.165) is 16.8 Å². The van der Waals surface area contributed by atoms with Crippen LogP contribution >= 0.6 is 11.6 Å². The Balaban J connectivity index is 1.53. The van der Waals surface area contributed by atoms with Gasteiger partial charge in [0, 0.05) is 35.9 Å². The van der Waals surface area contributed by atoms with E-state index in [2.05, 4.69) is 20.7 Å². The van der Waals surface area contributed by atoms with Gasteiger partial charge in [0.25, 0.3) is 5.91 Å². The fourth-order valence-corrected chi connectivity index (χ4v) is 5.29. The number of hydrogen-bond acceptors (Lipinski definition) is 4. The van der Waals surface area contributed by atoms with E-state index in [-0.39, 0.29) is 31.4 Å². The van der Waals surface area contributed by atoms with Gasteiger partial charge in [-0.25, -0.2) is 0 Å². The lowest BCUT2D eigenvalue weighted by molar-refractivity contribution is -0.184. The second-order valence-corrected chi connectivity index (χ2v) is 9.86. The van der Waals surface area contributed by atoms with Crippen LogP contribution in [0.1, 0.15) is 48.8 Å². The Morgan fingerprint density at radius 2 is 1.76 bits per heavy atom. The van der Waals surface area contributed by atoms with Gasteiger partial charge in [-0.3, -0.25) is 19.3 Å². The number of hydrogen-bond donors (Lipinski definition) is 2. The van der Waals surface area contributed by atoms with Gasteiger partial charge in [0.15, 0.2) is 0 Å². The summed E-state index contributed by atoms with van der Waals surface area (Å²) in [5.74, 6) is -2.82. The summed E-state index contributed by atoms with van der Waals surface area (Å²) in [6.07, 6.45) is -0.974. The second-order valence-electron chi connectivity index (χ2n) is 9.46. The predicted molar refractivity (Wildman–Crippen MR) is 139 cm³/mol. The molecule has 11 heteroatoms. The summed E-state index contributed by atoms with van der Waals surface area (Å²) < 4.78 is 41.2. The van der Waals surface area contributed by atoms with Crippen molar-refractivity contribution in [2.45, 2.75) is 58.3 Å². The normalized spacial score (nSPS) is 18.6. The number of pyridine rings is 1. The van der Waals surface area contributed by atoms with Crippen molar-refractivity contribution in [2.24, 2.45) is 11.8 Å². The molecule has 2 heterocycles. The van der Waals surface area contributed by atoms with Crippen LogP contribution in [0, 0.1) is 18.8 Å². The fraction of sp³-hybridized carbons (Fsp3) is 0.407. The fourth-order valence-electron chi connectivity index (χ4n) is 4.99. The maximum Gasteiger partial charge on any atom is 0.391 e. The molecule has 3 aromatic rings. The minimum atomic E-state index is -4.27. The Morgan fingerprint density at radius 3 is 2.37 bits per heavy atom. The molecule has 0 bridgehead atoms. The number of alkyl halides is 3. The van der Waals surface area contributed by atoms with E-state index >= 15 is 0 Å². The molecule has 38 heavy (non-hydrogen) atoms. The van der Waals surface area contributed by atoms with Crippen molar-refractivity contribution in [3.8, 4) is 11.1 Å². The zero-order valence-corrected chi connectivity index (χ0v) is 21.8. The molecule has 7 nitrogen and oxygen atoms in total. The van der Waals surface area contributed by atoms with Crippen LogP contribution in [-0.4, -0.2) is 38.8 Å². The van der Waals surface area contributed by atoms with Gasteiger partial charge in [0.1, 0.15) is 11.7 Å². The van der Waals surface area contributed by atoms with Crippen LogP contribution in [-0.2, 0) is 11.3 Å². The third-order valence-corrected chi connectivity index (χ3v) is 7.37. The van der Waals surface area contributed by atoms with Crippen molar-refractivity contribution >= 4 is 29.1 Å². The summed E-state index contributed by atoms with van der Waals surface area (Å²) in [5, 5.41) is 10.2. The van der Waals surface area contributed by atoms with Crippen molar-refractivity contribution in [3.05, 3.63) is 65.2 Å². The maximum atomic E-state index is 13.4. The van der Waals surface area contributed by atoms with E-state index in [0.29, 0.717) is 17.3 Å². The number of halogens is 4. The lowest BCUT2D eigenvalue weighted by Gasteiger charge is -2.34. The number of rotatable bonds is 7. The van der Waals surface area contributed by atoms with Gasteiger partial charge in [-0.05, 0) is 75.3 Å². The third kappa shape index (κ3) is 6.18. The molecule has 1 aromatic carbocycles.